The van der Waals surface area contributed by atoms with E-state index in [1.54, 1.807) is 6.92 Å². The maximum Gasteiger partial charge on any atom is 0.240 e. The molecule has 3 N–H and O–H groups in total. The van der Waals surface area contributed by atoms with Crippen molar-refractivity contribution in [3.63, 3.8) is 0 Å². The van der Waals surface area contributed by atoms with Crippen molar-refractivity contribution in [1.29, 1.82) is 0 Å². The number of benzene rings is 1. The lowest BCUT2D eigenvalue weighted by molar-refractivity contribution is -0.126. The van der Waals surface area contributed by atoms with E-state index in [0.29, 0.717) is 13.0 Å². The number of hydrogen-bond donors (Lipinski definition) is 2. The second kappa shape index (κ2) is 8.31. The van der Waals surface area contributed by atoms with E-state index in [1.165, 1.54) is 0 Å². The predicted molar refractivity (Wildman–Crippen MR) is 99.6 cm³/mol. The van der Waals surface area contributed by atoms with Gasteiger partial charge in [0.2, 0.25) is 5.91 Å². The number of amides is 1. The van der Waals surface area contributed by atoms with Crippen LogP contribution in [-0.2, 0) is 11.3 Å². The van der Waals surface area contributed by atoms with E-state index in [2.05, 4.69) is 10.4 Å². The molecule has 1 aromatic heterocycles. The second-order valence-electron chi connectivity index (χ2n) is 6.32. The molecule has 0 spiro atoms. The molecule has 1 heterocycles. The van der Waals surface area contributed by atoms with Gasteiger partial charge in [-0.1, -0.05) is 31.5 Å². The molecule has 1 atom stereocenters. The van der Waals surface area contributed by atoms with Gasteiger partial charge in [0.15, 0.2) is 0 Å². The first-order valence-electron chi connectivity index (χ1n) is 8.04. The zero-order valence-electron chi connectivity index (χ0n) is 14.8. The van der Waals surface area contributed by atoms with Crippen molar-refractivity contribution >= 4 is 18.3 Å². The van der Waals surface area contributed by atoms with Crippen LogP contribution in [0.5, 0.6) is 0 Å². The Morgan fingerprint density at radius 2 is 2.00 bits per heavy atom. The van der Waals surface area contributed by atoms with Gasteiger partial charge in [-0.25, -0.2) is 4.68 Å². The summed E-state index contributed by atoms with van der Waals surface area (Å²) < 4.78 is 1.91. The number of nitrogens with two attached hydrogens (primary N) is 1. The highest BCUT2D eigenvalue weighted by atomic mass is 35.5. The summed E-state index contributed by atoms with van der Waals surface area (Å²) in [5, 5.41) is 7.48. The van der Waals surface area contributed by atoms with Crippen molar-refractivity contribution in [2.75, 3.05) is 0 Å². The maximum absolute atomic E-state index is 12.3. The van der Waals surface area contributed by atoms with E-state index in [4.69, 9.17) is 5.73 Å². The van der Waals surface area contributed by atoms with Gasteiger partial charge in [0.05, 0.1) is 16.9 Å². The molecule has 6 heteroatoms. The summed E-state index contributed by atoms with van der Waals surface area (Å²) in [5.41, 5.74) is 9.28. The smallest absolute Gasteiger partial charge is 0.240 e. The van der Waals surface area contributed by atoms with E-state index in [1.807, 2.05) is 55.8 Å². The van der Waals surface area contributed by atoms with Crippen molar-refractivity contribution in [2.24, 2.45) is 5.73 Å². The van der Waals surface area contributed by atoms with Crippen molar-refractivity contribution in [3.05, 3.63) is 47.3 Å². The van der Waals surface area contributed by atoms with Gasteiger partial charge in [0.1, 0.15) is 0 Å². The van der Waals surface area contributed by atoms with Gasteiger partial charge in [-0.2, -0.15) is 5.10 Å². The molecule has 0 aliphatic rings. The maximum atomic E-state index is 12.3. The zero-order chi connectivity index (χ0) is 17.0. The summed E-state index contributed by atoms with van der Waals surface area (Å²) in [4.78, 5) is 12.3. The van der Waals surface area contributed by atoms with Crippen LogP contribution in [0.25, 0.3) is 5.69 Å². The summed E-state index contributed by atoms with van der Waals surface area (Å²) in [5.74, 6) is -0.123. The molecule has 0 saturated carbocycles. The minimum absolute atomic E-state index is 0. The number of nitrogens with zero attached hydrogens (tertiary/aromatic N) is 2. The lowest BCUT2D eigenvalue weighted by Crippen LogP contribution is -2.51. The highest BCUT2D eigenvalue weighted by Crippen LogP contribution is 2.17. The van der Waals surface area contributed by atoms with E-state index < -0.39 is 5.54 Å². The first-order chi connectivity index (χ1) is 10.8. The summed E-state index contributed by atoms with van der Waals surface area (Å²) in [6, 6.07) is 9.98. The lowest BCUT2D eigenvalue weighted by atomic mass is 9.96. The number of halogens is 1. The first kappa shape index (κ1) is 20.2. The van der Waals surface area contributed by atoms with Crippen molar-refractivity contribution in [2.45, 2.75) is 52.6 Å². The highest BCUT2D eigenvalue weighted by Gasteiger charge is 2.26. The standard InChI is InChI=1S/C18H26N4O.ClH/c1-5-10-18(4,19)17(23)20-12-15-8-6-7-9-16(15)22-14(3)11-13(2)21-22;/h6-9,11H,5,10,12,19H2,1-4H3,(H,20,23);1H. The first-order valence-corrected chi connectivity index (χ1v) is 8.04. The third kappa shape index (κ3) is 4.58. The van der Waals surface area contributed by atoms with Gasteiger partial charge in [-0.3, -0.25) is 4.79 Å². The Kier molecular flexibility index (Phi) is 6.99. The van der Waals surface area contributed by atoms with Crippen LogP contribution < -0.4 is 11.1 Å². The van der Waals surface area contributed by atoms with Crippen LogP contribution >= 0.6 is 12.4 Å². The molecule has 0 aliphatic carbocycles. The molecule has 0 aliphatic heterocycles. The fourth-order valence-electron chi connectivity index (χ4n) is 2.75. The Morgan fingerprint density at radius 1 is 1.33 bits per heavy atom. The summed E-state index contributed by atoms with van der Waals surface area (Å²) in [6.45, 7) is 8.23. The predicted octanol–water partition coefficient (Wildman–Crippen LogP) is 3.04. The molecule has 5 nitrogen and oxygen atoms in total. The lowest BCUT2D eigenvalue weighted by Gasteiger charge is -2.23. The van der Waals surface area contributed by atoms with Gasteiger partial charge in [0.25, 0.3) is 0 Å². The van der Waals surface area contributed by atoms with Crippen LogP contribution in [0.4, 0.5) is 0 Å². The van der Waals surface area contributed by atoms with E-state index >= 15 is 0 Å². The zero-order valence-corrected chi connectivity index (χ0v) is 15.6. The number of carbonyl (C=O) groups excluding carboxylic acids is 1. The Bertz CT molecular complexity index is 694. The molecule has 1 aromatic carbocycles. The molecule has 24 heavy (non-hydrogen) atoms. The molecule has 1 amide bonds. The minimum Gasteiger partial charge on any atom is -0.350 e. The highest BCUT2D eigenvalue weighted by molar-refractivity contribution is 5.85. The fraction of sp³-hybridized carbons (Fsp3) is 0.444. The third-order valence-electron chi connectivity index (χ3n) is 3.96. The summed E-state index contributed by atoms with van der Waals surface area (Å²) in [6.07, 6.45) is 1.54. The quantitative estimate of drug-likeness (QED) is 0.841. The van der Waals surface area contributed by atoms with E-state index in [0.717, 1.165) is 29.1 Å². The number of aryl methyl sites for hydroxylation is 2. The van der Waals surface area contributed by atoms with Crippen LogP contribution in [0.15, 0.2) is 30.3 Å². The molecule has 0 fully saturated rings. The molecule has 132 valence electrons. The number of para-hydroxylation sites is 1. The second-order valence-corrected chi connectivity index (χ2v) is 6.32. The summed E-state index contributed by atoms with van der Waals surface area (Å²) >= 11 is 0. The Labute approximate surface area is 150 Å². The van der Waals surface area contributed by atoms with Crippen molar-refractivity contribution in [1.82, 2.24) is 15.1 Å². The molecule has 2 rings (SSSR count). The fourth-order valence-corrected chi connectivity index (χ4v) is 2.75. The average Bonchev–Trinajstić information content (AvgIpc) is 2.83. The SMILES string of the molecule is CCCC(C)(N)C(=O)NCc1ccccc1-n1nc(C)cc1C.Cl. The molecule has 0 saturated heterocycles. The molecule has 0 radical (unpaired) electrons. The molecule has 2 aromatic rings. The van der Waals surface area contributed by atoms with Crippen LogP contribution in [0.3, 0.4) is 0 Å². The van der Waals surface area contributed by atoms with Gasteiger partial charge < -0.3 is 11.1 Å². The Hall–Kier alpha value is -1.85. The Morgan fingerprint density at radius 3 is 2.58 bits per heavy atom. The Balaban J connectivity index is 0.00000288. The van der Waals surface area contributed by atoms with E-state index in [9.17, 15) is 4.79 Å². The number of nitrogens with one attached hydrogen (secondary N) is 1. The van der Waals surface area contributed by atoms with Gasteiger partial charge in [-0.05, 0) is 44.9 Å². The molecule has 0 bridgehead atoms. The van der Waals surface area contributed by atoms with Crippen LogP contribution in [0.1, 0.15) is 43.6 Å². The largest absolute Gasteiger partial charge is 0.350 e. The molecule has 1 unspecified atom stereocenters. The number of hydrogen-bond acceptors (Lipinski definition) is 3. The van der Waals surface area contributed by atoms with Crippen LogP contribution in [0, 0.1) is 13.8 Å². The third-order valence-corrected chi connectivity index (χ3v) is 3.96. The molecular formula is C18H27ClN4O. The normalized spacial score (nSPS) is 13.0. The average molecular weight is 351 g/mol. The topological polar surface area (TPSA) is 72.9 Å². The van der Waals surface area contributed by atoms with Crippen LogP contribution in [0.2, 0.25) is 0 Å². The van der Waals surface area contributed by atoms with Crippen molar-refractivity contribution < 1.29 is 4.79 Å². The van der Waals surface area contributed by atoms with Crippen LogP contribution in [-0.4, -0.2) is 21.2 Å². The van der Waals surface area contributed by atoms with Gasteiger partial charge in [0, 0.05) is 12.2 Å². The van der Waals surface area contributed by atoms with Gasteiger partial charge >= 0.3 is 0 Å². The number of aromatic nitrogens is 2. The minimum atomic E-state index is -0.831. The monoisotopic (exact) mass is 350 g/mol. The van der Waals surface area contributed by atoms with Gasteiger partial charge in [-0.15, -0.1) is 12.4 Å². The number of carbonyl (C=O) groups is 1. The summed E-state index contributed by atoms with van der Waals surface area (Å²) in [7, 11) is 0. The van der Waals surface area contributed by atoms with E-state index in [-0.39, 0.29) is 18.3 Å². The number of rotatable bonds is 6. The van der Waals surface area contributed by atoms with Crippen molar-refractivity contribution in [3.8, 4) is 5.69 Å². The molecular weight excluding hydrogens is 324 g/mol.